The van der Waals surface area contributed by atoms with Gasteiger partial charge in [-0.15, -0.1) is 0 Å². The van der Waals surface area contributed by atoms with Crippen LogP contribution in [0.2, 0.25) is 0 Å². The minimum atomic E-state index is 0.502. The predicted molar refractivity (Wildman–Crippen MR) is 83.0 cm³/mol. The summed E-state index contributed by atoms with van der Waals surface area (Å²) in [5.74, 6) is 1.15. The summed E-state index contributed by atoms with van der Waals surface area (Å²) in [6.07, 6.45) is 2.72. The van der Waals surface area contributed by atoms with E-state index < -0.39 is 0 Å². The zero-order valence-electron chi connectivity index (χ0n) is 12.7. The Labute approximate surface area is 122 Å². The second-order valence-electron chi connectivity index (χ2n) is 6.30. The molecule has 3 rings (SSSR count). The highest BCUT2D eigenvalue weighted by molar-refractivity contribution is 5.40. The predicted octanol–water partition coefficient (Wildman–Crippen LogP) is 1.86. The third-order valence-corrected chi connectivity index (χ3v) is 4.39. The highest BCUT2D eigenvalue weighted by Gasteiger charge is 2.30. The Kier molecular flexibility index (Phi) is 4.22. The molecule has 0 saturated carbocycles. The Balaban J connectivity index is 1.65. The number of nitrogens with zero attached hydrogens (tertiary/aromatic N) is 3. The van der Waals surface area contributed by atoms with Crippen molar-refractivity contribution in [2.75, 3.05) is 31.1 Å². The van der Waals surface area contributed by atoms with Gasteiger partial charge in [-0.05, 0) is 31.5 Å². The number of pyridine rings is 1. The Morgan fingerprint density at radius 3 is 3.05 bits per heavy atom. The van der Waals surface area contributed by atoms with E-state index in [0.29, 0.717) is 6.04 Å². The van der Waals surface area contributed by atoms with Gasteiger partial charge in [-0.2, -0.15) is 0 Å². The Bertz CT molecular complexity index is 446. The lowest BCUT2D eigenvalue weighted by Crippen LogP contribution is -2.50. The summed E-state index contributed by atoms with van der Waals surface area (Å²) in [6, 6.07) is 7.67. The third-order valence-electron chi connectivity index (χ3n) is 4.39. The molecule has 0 amide bonds. The van der Waals surface area contributed by atoms with Crippen LogP contribution in [0, 0.1) is 0 Å². The molecule has 1 unspecified atom stereocenters. The van der Waals surface area contributed by atoms with E-state index in [4.69, 9.17) is 4.98 Å². The van der Waals surface area contributed by atoms with Gasteiger partial charge in [-0.1, -0.05) is 19.9 Å². The Morgan fingerprint density at radius 1 is 1.30 bits per heavy atom. The van der Waals surface area contributed by atoms with Gasteiger partial charge in [0, 0.05) is 38.3 Å². The first-order valence-electron chi connectivity index (χ1n) is 7.90. The van der Waals surface area contributed by atoms with E-state index in [1.165, 1.54) is 25.9 Å². The van der Waals surface area contributed by atoms with Gasteiger partial charge in [-0.25, -0.2) is 4.98 Å². The SMILES string of the molecule is CC(C)NCc1cccc(N2CCN3CCCC3C2)n1. The number of piperazine rings is 1. The van der Waals surface area contributed by atoms with Crippen molar-refractivity contribution in [1.82, 2.24) is 15.2 Å². The maximum absolute atomic E-state index is 4.83. The van der Waals surface area contributed by atoms with Gasteiger partial charge in [0.1, 0.15) is 5.82 Å². The van der Waals surface area contributed by atoms with E-state index >= 15 is 0 Å². The fourth-order valence-corrected chi connectivity index (χ4v) is 3.25. The lowest BCUT2D eigenvalue weighted by Gasteiger charge is -2.38. The molecular formula is C16H26N4. The zero-order valence-corrected chi connectivity index (χ0v) is 12.7. The van der Waals surface area contributed by atoms with E-state index in [-0.39, 0.29) is 0 Å². The van der Waals surface area contributed by atoms with Gasteiger partial charge >= 0.3 is 0 Å². The van der Waals surface area contributed by atoms with Crippen molar-refractivity contribution < 1.29 is 0 Å². The van der Waals surface area contributed by atoms with Crippen molar-refractivity contribution in [3.63, 3.8) is 0 Å². The van der Waals surface area contributed by atoms with Crippen molar-refractivity contribution in [2.45, 2.75) is 45.3 Å². The summed E-state index contributed by atoms with van der Waals surface area (Å²) >= 11 is 0. The van der Waals surface area contributed by atoms with Gasteiger partial charge in [-0.3, -0.25) is 4.90 Å². The molecule has 2 aliphatic rings. The van der Waals surface area contributed by atoms with E-state index in [1.54, 1.807) is 0 Å². The lowest BCUT2D eigenvalue weighted by atomic mass is 10.1. The second-order valence-corrected chi connectivity index (χ2v) is 6.30. The molecule has 0 aromatic carbocycles. The highest BCUT2D eigenvalue weighted by atomic mass is 15.3. The molecule has 4 heteroatoms. The summed E-state index contributed by atoms with van der Waals surface area (Å²) in [5, 5.41) is 3.44. The summed E-state index contributed by atoms with van der Waals surface area (Å²) in [4.78, 5) is 9.93. The largest absolute Gasteiger partial charge is 0.354 e. The van der Waals surface area contributed by atoms with Crippen LogP contribution in [0.4, 0.5) is 5.82 Å². The summed E-state index contributed by atoms with van der Waals surface area (Å²) < 4.78 is 0. The quantitative estimate of drug-likeness (QED) is 0.908. The van der Waals surface area contributed by atoms with Crippen molar-refractivity contribution in [1.29, 1.82) is 0 Å². The molecule has 20 heavy (non-hydrogen) atoms. The third kappa shape index (κ3) is 3.13. The topological polar surface area (TPSA) is 31.4 Å². The number of fused-ring (bicyclic) bond motifs is 1. The number of rotatable bonds is 4. The molecule has 1 N–H and O–H groups in total. The highest BCUT2D eigenvalue weighted by Crippen LogP contribution is 2.24. The van der Waals surface area contributed by atoms with Crippen molar-refractivity contribution >= 4 is 5.82 Å². The smallest absolute Gasteiger partial charge is 0.128 e. The molecule has 1 aromatic heterocycles. The summed E-state index contributed by atoms with van der Waals surface area (Å²) in [7, 11) is 0. The standard InChI is InChI=1S/C16H26N4/c1-13(2)17-11-14-5-3-7-16(18-14)20-10-9-19-8-4-6-15(19)12-20/h3,5,7,13,15,17H,4,6,8-12H2,1-2H3. The van der Waals surface area contributed by atoms with Crippen LogP contribution in [0.25, 0.3) is 0 Å². The molecule has 0 bridgehead atoms. The molecule has 2 aliphatic heterocycles. The first-order valence-corrected chi connectivity index (χ1v) is 7.90. The average Bonchev–Trinajstić information content (AvgIpc) is 2.93. The van der Waals surface area contributed by atoms with Crippen LogP contribution in [0.15, 0.2) is 18.2 Å². The Morgan fingerprint density at radius 2 is 2.20 bits per heavy atom. The number of hydrogen-bond donors (Lipinski definition) is 1. The molecule has 0 aliphatic carbocycles. The van der Waals surface area contributed by atoms with E-state index in [2.05, 4.69) is 47.2 Å². The Hall–Kier alpha value is -1.13. The average molecular weight is 274 g/mol. The lowest BCUT2D eigenvalue weighted by molar-refractivity contribution is 0.230. The number of hydrogen-bond acceptors (Lipinski definition) is 4. The molecule has 2 saturated heterocycles. The number of aromatic nitrogens is 1. The zero-order chi connectivity index (χ0) is 13.9. The van der Waals surface area contributed by atoms with E-state index in [0.717, 1.165) is 37.2 Å². The number of anilines is 1. The molecule has 1 atom stereocenters. The van der Waals surface area contributed by atoms with Crippen molar-refractivity contribution in [3.8, 4) is 0 Å². The van der Waals surface area contributed by atoms with Gasteiger partial charge in [0.05, 0.1) is 5.69 Å². The summed E-state index contributed by atoms with van der Waals surface area (Å²) in [6.45, 7) is 9.95. The van der Waals surface area contributed by atoms with Crippen LogP contribution in [-0.4, -0.2) is 48.1 Å². The maximum Gasteiger partial charge on any atom is 0.128 e. The van der Waals surface area contributed by atoms with Crippen LogP contribution < -0.4 is 10.2 Å². The van der Waals surface area contributed by atoms with Crippen LogP contribution in [0.3, 0.4) is 0 Å². The fourth-order valence-electron chi connectivity index (χ4n) is 3.25. The molecule has 4 nitrogen and oxygen atoms in total. The molecule has 110 valence electrons. The molecule has 3 heterocycles. The van der Waals surface area contributed by atoms with Gasteiger partial charge < -0.3 is 10.2 Å². The van der Waals surface area contributed by atoms with Crippen LogP contribution >= 0.6 is 0 Å². The van der Waals surface area contributed by atoms with Crippen molar-refractivity contribution in [3.05, 3.63) is 23.9 Å². The minimum Gasteiger partial charge on any atom is -0.354 e. The fraction of sp³-hybridized carbons (Fsp3) is 0.688. The molecular weight excluding hydrogens is 248 g/mol. The maximum atomic E-state index is 4.83. The minimum absolute atomic E-state index is 0.502. The van der Waals surface area contributed by atoms with Crippen LogP contribution in [0.1, 0.15) is 32.4 Å². The number of nitrogens with one attached hydrogen (secondary N) is 1. The van der Waals surface area contributed by atoms with Gasteiger partial charge in [0.15, 0.2) is 0 Å². The van der Waals surface area contributed by atoms with Crippen LogP contribution in [0.5, 0.6) is 0 Å². The van der Waals surface area contributed by atoms with Gasteiger partial charge in [0.25, 0.3) is 0 Å². The summed E-state index contributed by atoms with van der Waals surface area (Å²) in [5.41, 5.74) is 1.14. The normalized spacial score (nSPS) is 23.4. The molecule has 2 fully saturated rings. The van der Waals surface area contributed by atoms with Gasteiger partial charge in [0.2, 0.25) is 0 Å². The monoisotopic (exact) mass is 274 g/mol. The first kappa shape index (κ1) is 13.8. The second kappa shape index (κ2) is 6.10. The van der Waals surface area contributed by atoms with E-state index in [1.807, 2.05) is 0 Å². The molecule has 1 aromatic rings. The molecule has 0 spiro atoms. The molecule has 0 radical (unpaired) electrons. The van der Waals surface area contributed by atoms with Crippen molar-refractivity contribution in [2.24, 2.45) is 0 Å². The van der Waals surface area contributed by atoms with Crippen LogP contribution in [-0.2, 0) is 6.54 Å². The van der Waals surface area contributed by atoms with E-state index in [9.17, 15) is 0 Å². The first-order chi connectivity index (χ1) is 9.72.